The van der Waals surface area contributed by atoms with Gasteiger partial charge in [0.25, 0.3) is 0 Å². The van der Waals surface area contributed by atoms with Crippen molar-refractivity contribution in [2.24, 2.45) is 0 Å². The van der Waals surface area contributed by atoms with Gasteiger partial charge in [-0.25, -0.2) is 0 Å². The van der Waals surface area contributed by atoms with Crippen LogP contribution < -0.4 is 4.90 Å². The molecule has 3 amide bonds. The Labute approximate surface area is 284 Å². The monoisotopic (exact) mass is 676 g/mol. The average molecular weight is 677 g/mol. The number of hydrogen-bond donors (Lipinski definition) is 0. The van der Waals surface area contributed by atoms with E-state index < -0.39 is 23.8 Å². The fourth-order valence-corrected chi connectivity index (χ4v) is 5.42. The van der Waals surface area contributed by atoms with Crippen molar-refractivity contribution in [1.82, 2.24) is 19.7 Å². The second kappa shape index (κ2) is 17.3. The van der Waals surface area contributed by atoms with Gasteiger partial charge >= 0.3 is 6.18 Å². The van der Waals surface area contributed by atoms with Crippen LogP contribution in [0.3, 0.4) is 0 Å². The Kier molecular flexibility index (Phi) is 12.9. The highest BCUT2D eigenvalue weighted by molar-refractivity contribution is 5.95. The third-order valence-electron chi connectivity index (χ3n) is 8.20. The Balaban J connectivity index is 1.62. The van der Waals surface area contributed by atoms with Gasteiger partial charge < -0.3 is 24.3 Å². The summed E-state index contributed by atoms with van der Waals surface area (Å²) in [5.41, 5.74) is 1.79. The summed E-state index contributed by atoms with van der Waals surface area (Å²) < 4.78 is 44.3. The van der Waals surface area contributed by atoms with Crippen LogP contribution in [0.2, 0.25) is 0 Å². The number of piperazine rings is 1. The van der Waals surface area contributed by atoms with Gasteiger partial charge in [-0.15, -0.1) is 0 Å². The van der Waals surface area contributed by atoms with Crippen molar-refractivity contribution in [3.05, 3.63) is 101 Å². The summed E-state index contributed by atoms with van der Waals surface area (Å²) in [5, 5.41) is 8.79. The predicted octanol–water partition coefficient (Wildman–Crippen LogP) is 4.42. The van der Waals surface area contributed by atoms with Gasteiger partial charge in [-0.1, -0.05) is 48.5 Å². The second-order valence-electron chi connectivity index (χ2n) is 11.6. The van der Waals surface area contributed by atoms with E-state index in [1.54, 1.807) is 18.9 Å². The summed E-state index contributed by atoms with van der Waals surface area (Å²) in [6.07, 6.45) is -0.759. The van der Waals surface area contributed by atoms with Gasteiger partial charge in [0.1, 0.15) is 18.3 Å². The molecule has 0 saturated carbocycles. The van der Waals surface area contributed by atoms with Gasteiger partial charge in [0.05, 0.1) is 12.7 Å². The molecule has 1 atom stereocenters. The topological polar surface area (TPSA) is 110 Å². The van der Waals surface area contributed by atoms with Crippen molar-refractivity contribution >= 4 is 29.5 Å². The number of pyridine rings is 1. The number of rotatable bonds is 13. The summed E-state index contributed by atoms with van der Waals surface area (Å²) in [6.45, 7) is 4.44. The van der Waals surface area contributed by atoms with Crippen molar-refractivity contribution in [2.75, 3.05) is 57.9 Å². The van der Waals surface area contributed by atoms with E-state index >= 15 is 0 Å². The molecule has 49 heavy (non-hydrogen) atoms. The number of carbonyl (C=O) groups is 3. The second-order valence-corrected chi connectivity index (χ2v) is 11.6. The average Bonchev–Trinajstić information content (AvgIpc) is 3.10. The van der Waals surface area contributed by atoms with Crippen LogP contribution in [0.25, 0.3) is 6.08 Å². The maximum Gasteiger partial charge on any atom is 0.433 e. The first-order valence-electron chi connectivity index (χ1n) is 15.8. The molecule has 1 aromatic heterocycles. The largest absolute Gasteiger partial charge is 0.433 e. The lowest BCUT2D eigenvalue weighted by atomic mass is 10.0. The fraction of sp³-hybridized carbons (Fsp3) is 0.361. The molecular weight excluding hydrogens is 637 g/mol. The molecular formula is C36H39F3N6O4. The lowest BCUT2D eigenvalue weighted by Gasteiger charge is -2.36. The summed E-state index contributed by atoms with van der Waals surface area (Å²) in [4.78, 5) is 50.1. The van der Waals surface area contributed by atoms with Gasteiger partial charge in [0, 0.05) is 77.6 Å². The van der Waals surface area contributed by atoms with E-state index in [4.69, 9.17) is 10.00 Å². The Morgan fingerprint density at radius 3 is 2.29 bits per heavy atom. The molecule has 1 saturated heterocycles. The molecule has 3 aromatic rings. The van der Waals surface area contributed by atoms with Crippen LogP contribution in [-0.4, -0.2) is 96.4 Å². The lowest BCUT2D eigenvalue weighted by molar-refractivity contribution is -0.143. The quantitative estimate of drug-likeness (QED) is 0.195. The van der Waals surface area contributed by atoms with Crippen molar-refractivity contribution in [3.8, 4) is 6.07 Å². The van der Waals surface area contributed by atoms with E-state index in [2.05, 4.69) is 9.88 Å². The predicted molar refractivity (Wildman–Crippen MR) is 178 cm³/mol. The number of benzene rings is 2. The first-order chi connectivity index (χ1) is 23.5. The molecule has 0 N–H and O–H groups in total. The molecule has 1 aliphatic heterocycles. The molecule has 1 aliphatic rings. The smallest absolute Gasteiger partial charge is 0.368 e. The normalized spacial score (nSPS) is 14.0. The number of nitrogens with zero attached hydrogens (tertiary/aromatic N) is 6. The Hall–Kier alpha value is -5.22. The highest BCUT2D eigenvalue weighted by Gasteiger charge is 2.33. The summed E-state index contributed by atoms with van der Waals surface area (Å²) in [7, 11) is 1.60. The van der Waals surface area contributed by atoms with Crippen LogP contribution in [0.15, 0.2) is 79.0 Å². The molecule has 2 heterocycles. The number of likely N-dealkylation sites (N-methyl/N-ethyl adjacent to an activating group) is 1. The van der Waals surface area contributed by atoms with E-state index in [-0.39, 0.29) is 50.1 Å². The number of hydrogen-bond acceptors (Lipinski definition) is 7. The number of ether oxygens (including phenoxy) is 1. The number of amides is 3. The molecule has 0 radical (unpaired) electrons. The Bertz CT molecular complexity index is 1620. The molecule has 0 spiro atoms. The van der Waals surface area contributed by atoms with Gasteiger partial charge in [0.2, 0.25) is 17.7 Å². The Morgan fingerprint density at radius 2 is 1.69 bits per heavy atom. The zero-order valence-electron chi connectivity index (χ0n) is 27.5. The molecule has 10 nitrogen and oxygen atoms in total. The molecule has 1 fully saturated rings. The first-order valence-corrected chi connectivity index (χ1v) is 15.8. The zero-order chi connectivity index (χ0) is 35.4. The van der Waals surface area contributed by atoms with Crippen LogP contribution in [0, 0.1) is 11.3 Å². The number of nitriles is 1. The van der Waals surface area contributed by atoms with E-state index in [1.165, 1.54) is 28.0 Å². The molecule has 2 aromatic carbocycles. The fourth-order valence-electron chi connectivity index (χ4n) is 5.42. The van der Waals surface area contributed by atoms with E-state index in [0.717, 1.165) is 29.1 Å². The van der Waals surface area contributed by atoms with Crippen molar-refractivity contribution in [2.45, 2.75) is 32.1 Å². The number of halogens is 3. The summed E-state index contributed by atoms with van der Waals surface area (Å²) in [5.74, 6) is -0.821. The van der Waals surface area contributed by atoms with Crippen LogP contribution in [0.4, 0.5) is 18.9 Å². The van der Waals surface area contributed by atoms with Crippen molar-refractivity contribution < 1.29 is 32.3 Å². The van der Waals surface area contributed by atoms with Gasteiger partial charge in [-0.05, 0) is 41.0 Å². The van der Waals surface area contributed by atoms with Crippen LogP contribution >= 0.6 is 0 Å². The molecule has 0 bridgehead atoms. The molecule has 0 aliphatic carbocycles. The molecule has 13 heteroatoms. The zero-order valence-corrected chi connectivity index (χ0v) is 27.5. The lowest BCUT2D eigenvalue weighted by Crippen LogP contribution is -2.51. The number of aromatic nitrogens is 1. The molecule has 4 rings (SSSR count). The van der Waals surface area contributed by atoms with Crippen LogP contribution in [0.1, 0.15) is 29.3 Å². The maximum atomic E-state index is 14.0. The third-order valence-corrected chi connectivity index (χ3v) is 8.20. The van der Waals surface area contributed by atoms with Crippen LogP contribution in [0.5, 0.6) is 0 Å². The standard InChI is InChI=1S/C36H39F3N6O4/c1-27(46)43-17-19-44(20-18-43)31-12-8-30(9-13-31)26-45(34(47)15-11-29-10-14-33(41-25-29)36(37,38)39)32(24-28-6-4-3-5-7-28)35(48)42(2)21-23-49-22-16-40/h3-15,25,32H,17-24,26H2,1-2H3. The van der Waals surface area contributed by atoms with Crippen molar-refractivity contribution in [1.29, 1.82) is 5.26 Å². The van der Waals surface area contributed by atoms with Gasteiger partial charge in [0.15, 0.2) is 0 Å². The Morgan fingerprint density at radius 1 is 1.00 bits per heavy atom. The van der Waals surface area contributed by atoms with Gasteiger partial charge in [-0.3, -0.25) is 19.4 Å². The van der Waals surface area contributed by atoms with Crippen LogP contribution in [-0.2, 0) is 38.3 Å². The highest BCUT2D eigenvalue weighted by atomic mass is 19.4. The van der Waals surface area contributed by atoms with Gasteiger partial charge in [-0.2, -0.15) is 18.4 Å². The number of anilines is 1. The third kappa shape index (κ3) is 10.6. The maximum absolute atomic E-state index is 14.0. The van der Waals surface area contributed by atoms with E-state index in [0.29, 0.717) is 26.2 Å². The highest BCUT2D eigenvalue weighted by Crippen LogP contribution is 2.27. The summed E-state index contributed by atoms with van der Waals surface area (Å²) >= 11 is 0. The SMILES string of the molecule is CC(=O)N1CCN(c2ccc(CN(C(=O)C=Cc3ccc(C(F)(F)F)nc3)C(Cc3ccccc3)C(=O)N(C)CCOCC#N)cc2)CC1. The minimum Gasteiger partial charge on any atom is -0.368 e. The molecule has 1 unspecified atom stereocenters. The number of alkyl halides is 3. The minimum absolute atomic E-state index is 0.0448. The number of carbonyl (C=O) groups excluding carboxylic acids is 3. The summed E-state index contributed by atoms with van der Waals surface area (Å²) in [6, 6.07) is 19.9. The van der Waals surface area contributed by atoms with E-state index in [9.17, 15) is 27.6 Å². The van der Waals surface area contributed by atoms with Crippen molar-refractivity contribution in [3.63, 3.8) is 0 Å². The minimum atomic E-state index is -4.59. The van der Waals surface area contributed by atoms with E-state index in [1.807, 2.05) is 60.7 Å². The first kappa shape index (κ1) is 36.6. The molecule has 258 valence electrons.